The van der Waals surface area contributed by atoms with Crippen LogP contribution in [0.2, 0.25) is 25.2 Å². The first-order valence-electron chi connectivity index (χ1n) is 35.4. The standard InChI is InChI=1S/2C38H43N6O5PSi/c2*1-4-30-33(34(46-2)38(47-30)43-25-41-32-35(39-24-40-36(32)43)42-37(45)26-15-8-5-9-16-26)49-50-44-22-14-21-29(44)31(48-50)23-51(3,27-17-10-6-11-18-27)28-19-12-7-13-20-28/h2*5-13,15-20,24-25,29-31,33-34,38H,4,14,21-23H2,1-3H3,(H,39,40,42,45)/t29-,30+,31+,33?,34-,38+,50+;29-,30-,31+,33?,34+,38-,50+/m01/s1. The highest BCUT2D eigenvalue weighted by Gasteiger charge is 2.57. The van der Waals surface area contributed by atoms with Gasteiger partial charge in [-0.25, -0.2) is 39.2 Å². The van der Waals surface area contributed by atoms with Crippen molar-refractivity contribution in [1.82, 2.24) is 48.4 Å². The van der Waals surface area contributed by atoms with E-state index in [9.17, 15) is 9.59 Å². The summed E-state index contributed by atoms with van der Waals surface area (Å²) in [5, 5.41) is 11.4. The molecule has 6 saturated heterocycles. The van der Waals surface area contributed by atoms with Crippen molar-refractivity contribution >= 4 is 99.7 Å². The van der Waals surface area contributed by atoms with Crippen LogP contribution >= 0.6 is 17.1 Å². The van der Waals surface area contributed by atoms with E-state index in [1.807, 2.05) is 45.5 Å². The Morgan fingerprint density at radius 2 is 0.814 bits per heavy atom. The lowest BCUT2D eigenvalue weighted by Crippen LogP contribution is -2.58. The number of hydrogen-bond acceptors (Lipinski definition) is 18. The predicted molar refractivity (Wildman–Crippen MR) is 399 cm³/mol. The van der Waals surface area contributed by atoms with Crippen LogP contribution in [-0.4, -0.2) is 165 Å². The Morgan fingerprint density at radius 1 is 0.471 bits per heavy atom. The Hall–Kier alpha value is -7.75. The van der Waals surface area contributed by atoms with Crippen molar-refractivity contribution < 1.29 is 46.6 Å². The van der Waals surface area contributed by atoms with Crippen molar-refractivity contribution in [3.8, 4) is 0 Å². The minimum absolute atomic E-state index is 0.0636. The van der Waals surface area contributed by atoms with E-state index in [4.69, 9.17) is 37.0 Å². The van der Waals surface area contributed by atoms with Gasteiger partial charge in [0.05, 0.1) is 37.1 Å². The summed E-state index contributed by atoms with van der Waals surface area (Å²) in [6, 6.07) is 64.5. The van der Waals surface area contributed by atoms with E-state index in [-0.39, 0.29) is 48.4 Å². The van der Waals surface area contributed by atoms with Crippen LogP contribution in [-0.2, 0) is 37.0 Å². The molecule has 22 nitrogen and oxygen atoms in total. The summed E-state index contributed by atoms with van der Waals surface area (Å²) in [5.74, 6) is 0.110. The molecule has 4 aromatic heterocycles. The van der Waals surface area contributed by atoms with Crippen molar-refractivity contribution in [3.63, 3.8) is 0 Å². The van der Waals surface area contributed by atoms with Crippen molar-refractivity contribution in [2.24, 2.45) is 0 Å². The van der Waals surface area contributed by atoms with Gasteiger partial charge in [-0.3, -0.25) is 18.7 Å². The normalized spacial score (nSPS) is 26.5. The van der Waals surface area contributed by atoms with Gasteiger partial charge in [0.25, 0.3) is 28.9 Å². The second-order valence-electron chi connectivity index (χ2n) is 27.3. The first kappa shape index (κ1) is 69.9. The summed E-state index contributed by atoms with van der Waals surface area (Å²) in [6.07, 6.45) is 8.96. The summed E-state index contributed by atoms with van der Waals surface area (Å²) in [5.41, 5.74) is 3.05. The van der Waals surface area contributed by atoms with Crippen LogP contribution in [0.3, 0.4) is 0 Å². The number of fused-ring (bicyclic) bond motifs is 4. The lowest BCUT2D eigenvalue weighted by atomic mass is 10.1. The maximum atomic E-state index is 13.0. The van der Waals surface area contributed by atoms with Gasteiger partial charge in [0.1, 0.15) is 53.2 Å². The maximum Gasteiger partial charge on any atom is 0.259 e. The highest BCUT2D eigenvalue weighted by molar-refractivity contribution is 7.45. The average molecular weight is 1450 g/mol. The van der Waals surface area contributed by atoms with Gasteiger partial charge >= 0.3 is 0 Å². The molecule has 2 N–H and O–H groups in total. The number of aromatic nitrogens is 8. The van der Waals surface area contributed by atoms with Crippen molar-refractivity contribution in [3.05, 3.63) is 218 Å². The van der Waals surface area contributed by atoms with Crippen molar-refractivity contribution in [1.29, 1.82) is 0 Å². The highest BCUT2D eigenvalue weighted by atomic mass is 31.2. The molecule has 0 radical (unpaired) electrons. The largest absolute Gasteiger partial charge is 0.374 e. The first-order valence-corrected chi connectivity index (χ1v) is 43.1. The number of nitrogens with one attached hydrogen (secondary N) is 2. The molecule has 14 atom stereocenters. The zero-order valence-corrected chi connectivity index (χ0v) is 61.9. The fourth-order valence-corrected chi connectivity index (χ4v) is 27.8. The van der Waals surface area contributed by atoms with Gasteiger partial charge in [-0.15, -0.1) is 0 Å². The van der Waals surface area contributed by atoms with Crippen molar-refractivity contribution in [2.75, 3.05) is 37.9 Å². The molecule has 26 heteroatoms. The summed E-state index contributed by atoms with van der Waals surface area (Å²) in [7, 11) is -3.59. The molecular formula is C76H86N12O10P2Si2. The molecule has 0 aliphatic carbocycles. The SMILES string of the molecule is CC[C@H]1O[C@@H](n2cnc3c(NC(=O)c4ccccc4)ncnc32)[C@@H](OC)C1O[P@@]1O[C@H](C[Si](C)(c2ccccc2)c2ccccc2)[C@@H]2CCCN21.CC[C@H]1O[C@@H](n2cnc3c(NC(=O)c4ccccc4)ncnc32)[C@@H](OC)C1O[P@]1O[C@@H](C[Si](C)(c2ccccc2)c2ccccc2)[C@H]2CCCN21. The molecule has 10 heterocycles. The van der Waals surface area contributed by atoms with Crippen LogP contribution in [0.15, 0.2) is 207 Å². The van der Waals surface area contributed by atoms with E-state index < -0.39 is 57.9 Å². The van der Waals surface area contributed by atoms with E-state index >= 15 is 0 Å². The quantitative estimate of drug-likeness (QED) is 0.0475. The number of anilines is 2. The number of carbonyl (C=O) groups excluding carboxylic acids is 2. The fourth-order valence-electron chi connectivity index (χ4n) is 15.8. The molecule has 16 rings (SSSR count). The fraction of sp³-hybridized carbons (Fsp3) is 0.368. The Morgan fingerprint density at radius 3 is 1.15 bits per heavy atom. The average Bonchev–Trinajstić information content (AvgIpc) is 1.54. The lowest BCUT2D eigenvalue weighted by Gasteiger charge is -2.32. The second kappa shape index (κ2) is 30.9. The minimum Gasteiger partial charge on any atom is -0.374 e. The Bertz CT molecular complexity index is 4120. The second-order valence-corrected chi connectivity index (χ2v) is 38.5. The van der Waals surface area contributed by atoms with Crippen LogP contribution in [0, 0.1) is 0 Å². The van der Waals surface area contributed by atoms with E-state index in [0.717, 1.165) is 63.7 Å². The number of ether oxygens (including phenoxy) is 4. The monoisotopic (exact) mass is 1440 g/mol. The molecule has 102 heavy (non-hydrogen) atoms. The molecule has 0 bridgehead atoms. The number of imidazole rings is 2. The number of rotatable bonds is 22. The molecule has 2 unspecified atom stereocenters. The summed E-state index contributed by atoms with van der Waals surface area (Å²) >= 11 is 0. The molecule has 6 aromatic carbocycles. The number of carbonyl (C=O) groups is 2. The first-order chi connectivity index (χ1) is 50.0. The third-order valence-electron chi connectivity index (χ3n) is 21.3. The van der Waals surface area contributed by atoms with Gasteiger partial charge in [0, 0.05) is 50.5 Å². The minimum atomic E-state index is -2.14. The zero-order valence-electron chi connectivity index (χ0n) is 58.1. The van der Waals surface area contributed by atoms with E-state index in [2.05, 4.69) is 198 Å². The predicted octanol–water partition coefficient (Wildman–Crippen LogP) is 11.5. The van der Waals surface area contributed by atoms with Crippen LogP contribution in [0.1, 0.15) is 85.5 Å². The molecule has 6 aliphatic rings. The smallest absolute Gasteiger partial charge is 0.259 e. The highest BCUT2D eigenvalue weighted by Crippen LogP contribution is 2.61. The summed E-state index contributed by atoms with van der Waals surface area (Å²) in [6.45, 7) is 11.1. The third kappa shape index (κ3) is 13.8. The van der Waals surface area contributed by atoms with Crippen LogP contribution in [0.25, 0.3) is 22.3 Å². The molecule has 2 amide bonds. The lowest BCUT2D eigenvalue weighted by molar-refractivity contribution is -0.0493. The molecule has 6 fully saturated rings. The van der Waals surface area contributed by atoms with Gasteiger partial charge < -0.3 is 47.7 Å². The summed E-state index contributed by atoms with van der Waals surface area (Å²) in [4.78, 5) is 52.9. The number of benzene rings is 6. The Balaban J connectivity index is 0.000000165. The zero-order chi connectivity index (χ0) is 69.9. The third-order valence-corrected chi connectivity index (χ3v) is 33.7. The van der Waals surface area contributed by atoms with Gasteiger partial charge in [-0.05, 0) is 74.9 Å². The van der Waals surface area contributed by atoms with E-state index in [0.29, 0.717) is 57.2 Å². The van der Waals surface area contributed by atoms with Crippen LogP contribution in [0.5, 0.6) is 0 Å². The molecular weight excluding hydrogens is 1360 g/mol. The molecule has 6 aliphatic heterocycles. The number of amides is 2. The number of nitrogens with zero attached hydrogens (tertiary/aromatic N) is 10. The maximum absolute atomic E-state index is 13.0. The van der Waals surface area contributed by atoms with Crippen LogP contribution < -0.4 is 31.4 Å². The number of hydrogen-bond donors (Lipinski definition) is 2. The molecule has 10 aromatic rings. The Labute approximate surface area is 598 Å². The van der Waals surface area contributed by atoms with Gasteiger partial charge in [0.15, 0.2) is 46.4 Å². The molecule has 0 spiro atoms. The van der Waals surface area contributed by atoms with Gasteiger partial charge in [-0.2, -0.15) is 0 Å². The molecule has 0 saturated carbocycles. The van der Waals surface area contributed by atoms with E-state index in [1.165, 1.54) is 33.4 Å². The van der Waals surface area contributed by atoms with E-state index in [1.54, 1.807) is 51.1 Å². The molecule has 528 valence electrons. The topological polar surface area (TPSA) is 226 Å². The van der Waals surface area contributed by atoms with Crippen LogP contribution in [0.4, 0.5) is 11.6 Å². The Kier molecular flexibility index (Phi) is 21.2. The summed E-state index contributed by atoms with van der Waals surface area (Å²) < 4.78 is 62.4. The van der Waals surface area contributed by atoms with Gasteiger partial charge in [-0.1, -0.05) is 205 Å². The van der Waals surface area contributed by atoms with Crippen molar-refractivity contribution in [2.45, 2.75) is 151 Å². The van der Waals surface area contributed by atoms with Gasteiger partial charge in [0.2, 0.25) is 0 Å². The number of methoxy groups -OCH3 is 2.